The van der Waals surface area contributed by atoms with Crippen LogP contribution in [0.2, 0.25) is 15.4 Å². The van der Waals surface area contributed by atoms with Crippen LogP contribution in [0.4, 0.5) is 0 Å². The number of rotatable bonds is 6. The molecular weight excluding hydrogens is 436 g/mol. The molecule has 3 nitrogen and oxygen atoms in total. The zero-order valence-corrected chi connectivity index (χ0v) is 18.0. The van der Waals surface area contributed by atoms with Crippen LogP contribution < -0.4 is 4.46 Å². The first-order valence-electron chi connectivity index (χ1n) is 8.40. The first-order chi connectivity index (χ1) is 12.4. The summed E-state index contributed by atoms with van der Waals surface area (Å²) >= 11 is 12.2. The van der Waals surface area contributed by atoms with Crippen molar-refractivity contribution >= 4 is 48.6 Å². The second-order valence-corrected chi connectivity index (χ2v) is 9.90. The number of hydrogen-bond donors (Lipinski definition) is 0. The van der Waals surface area contributed by atoms with Crippen LogP contribution in [0.3, 0.4) is 0 Å². The second kappa shape index (κ2) is 8.33. The molecule has 1 aliphatic heterocycles. The van der Waals surface area contributed by atoms with Gasteiger partial charge in [-0.25, -0.2) is 0 Å². The van der Waals surface area contributed by atoms with E-state index in [0.29, 0.717) is 18.0 Å². The van der Waals surface area contributed by atoms with Gasteiger partial charge in [-0.05, 0) is 0 Å². The van der Waals surface area contributed by atoms with Crippen molar-refractivity contribution in [1.29, 1.82) is 0 Å². The minimum absolute atomic E-state index is 0.110. The number of cyclic esters (lactones) is 1. The van der Waals surface area contributed by atoms with Crippen molar-refractivity contribution in [2.24, 2.45) is 5.92 Å². The number of esters is 1. The van der Waals surface area contributed by atoms with Crippen LogP contribution in [0.1, 0.15) is 12.0 Å². The van der Waals surface area contributed by atoms with Crippen LogP contribution in [0.25, 0.3) is 0 Å². The molecule has 26 heavy (non-hydrogen) atoms. The molecule has 0 spiro atoms. The van der Waals surface area contributed by atoms with Gasteiger partial charge in [0.25, 0.3) is 0 Å². The summed E-state index contributed by atoms with van der Waals surface area (Å²) in [5.41, 5.74) is 0.439. The zero-order chi connectivity index (χ0) is 18.7. The van der Waals surface area contributed by atoms with Gasteiger partial charge in [-0.3, -0.25) is 0 Å². The molecule has 2 aromatic rings. The molecule has 0 N–H and O–H groups in total. The van der Waals surface area contributed by atoms with Crippen LogP contribution in [0.15, 0.2) is 48.5 Å². The fourth-order valence-electron chi connectivity index (χ4n) is 3.21. The summed E-state index contributed by atoms with van der Waals surface area (Å²) in [6.45, 7) is 0.697. The van der Waals surface area contributed by atoms with Gasteiger partial charge in [-0.2, -0.15) is 0 Å². The normalized spacial score (nSPS) is 22.7. The molecule has 0 saturated carbocycles. The van der Waals surface area contributed by atoms with E-state index < -0.39 is 5.60 Å². The molecule has 1 saturated heterocycles. The number of ether oxygens (including phenoxy) is 1. The molecule has 1 aliphatic rings. The Morgan fingerprint density at radius 1 is 1.08 bits per heavy atom. The van der Waals surface area contributed by atoms with Gasteiger partial charge >= 0.3 is 171 Å². The molecule has 0 bridgehead atoms. The second-order valence-electron chi connectivity index (χ2n) is 6.83. The third-order valence-corrected chi connectivity index (χ3v) is 7.50. The summed E-state index contributed by atoms with van der Waals surface area (Å²) in [5.74, 6) is -0.220. The van der Waals surface area contributed by atoms with E-state index in [4.69, 9.17) is 27.9 Å². The Bertz CT molecular complexity index is 764. The summed E-state index contributed by atoms with van der Waals surface area (Å²) in [5, 5.41) is 2.20. The van der Waals surface area contributed by atoms with Crippen LogP contribution in [-0.4, -0.2) is 46.5 Å². The van der Waals surface area contributed by atoms with E-state index in [1.807, 2.05) is 67.5 Å². The average Bonchev–Trinajstić information content (AvgIpc) is 2.91. The maximum absolute atomic E-state index is 12.5. The maximum atomic E-state index is 12.5. The van der Waals surface area contributed by atoms with Gasteiger partial charge in [0.15, 0.2) is 0 Å². The van der Waals surface area contributed by atoms with Crippen molar-refractivity contribution in [2.75, 3.05) is 20.6 Å². The molecule has 0 aromatic heterocycles. The molecule has 2 atom stereocenters. The van der Waals surface area contributed by atoms with Crippen molar-refractivity contribution < 1.29 is 9.53 Å². The van der Waals surface area contributed by atoms with Crippen molar-refractivity contribution in [2.45, 2.75) is 17.3 Å². The van der Waals surface area contributed by atoms with Gasteiger partial charge in [-0.15, -0.1) is 0 Å². The first kappa shape index (κ1) is 19.7. The van der Waals surface area contributed by atoms with Crippen molar-refractivity contribution in [3.63, 3.8) is 0 Å². The average molecular weight is 457 g/mol. The monoisotopic (exact) mass is 457 g/mol. The van der Waals surface area contributed by atoms with E-state index in [9.17, 15) is 4.79 Å². The molecule has 1 heterocycles. The van der Waals surface area contributed by atoms with Crippen LogP contribution >= 0.6 is 23.2 Å². The van der Waals surface area contributed by atoms with Gasteiger partial charge in [0.05, 0.1) is 0 Å². The number of halogens is 2. The SMILES string of the molecule is CN(C)CC1CC(C[Se]c2ccc(Cl)cc2)(c2ccc(Cl)cc2)OC1=O. The molecule has 138 valence electrons. The quantitative estimate of drug-likeness (QED) is 0.489. The van der Waals surface area contributed by atoms with E-state index in [0.717, 1.165) is 15.9 Å². The molecular formula is C20H21Cl2NO2Se. The van der Waals surface area contributed by atoms with Gasteiger partial charge in [0.1, 0.15) is 0 Å². The molecule has 2 unspecified atom stereocenters. The Morgan fingerprint density at radius 3 is 2.23 bits per heavy atom. The molecule has 0 amide bonds. The van der Waals surface area contributed by atoms with Crippen molar-refractivity contribution in [3.05, 3.63) is 64.1 Å². The van der Waals surface area contributed by atoms with Gasteiger partial charge in [-0.1, -0.05) is 0 Å². The zero-order valence-electron chi connectivity index (χ0n) is 14.7. The summed E-state index contributed by atoms with van der Waals surface area (Å²) in [6, 6.07) is 15.6. The Morgan fingerprint density at radius 2 is 1.65 bits per heavy atom. The van der Waals surface area contributed by atoms with E-state index >= 15 is 0 Å². The van der Waals surface area contributed by atoms with Crippen molar-refractivity contribution in [1.82, 2.24) is 4.90 Å². The Balaban J connectivity index is 1.85. The van der Waals surface area contributed by atoms with Crippen molar-refractivity contribution in [3.8, 4) is 0 Å². The topological polar surface area (TPSA) is 29.5 Å². The first-order valence-corrected chi connectivity index (χ1v) is 11.2. The third kappa shape index (κ3) is 4.62. The summed E-state index contributed by atoms with van der Waals surface area (Å²) in [4.78, 5) is 14.6. The molecule has 1 fully saturated rings. The summed E-state index contributed by atoms with van der Waals surface area (Å²) < 4.78 is 7.25. The van der Waals surface area contributed by atoms with E-state index in [2.05, 4.69) is 0 Å². The van der Waals surface area contributed by atoms with E-state index in [1.165, 1.54) is 4.46 Å². The Kier molecular flexibility index (Phi) is 6.32. The summed E-state index contributed by atoms with van der Waals surface area (Å²) in [7, 11) is 3.96. The number of nitrogens with zero attached hydrogens (tertiary/aromatic N) is 1. The number of hydrogen-bond acceptors (Lipinski definition) is 3. The Labute approximate surface area is 170 Å². The molecule has 0 aliphatic carbocycles. The molecule has 0 radical (unpaired) electrons. The van der Waals surface area contributed by atoms with E-state index in [1.54, 1.807) is 0 Å². The fraction of sp³-hybridized carbons (Fsp3) is 0.350. The van der Waals surface area contributed by atoms with Gasteiger partial charge in [0.2, 0.25) is 0 Å². The minimum atomic E-state index is -0.581. The van der Waals surface area contributed by atoms with Crippen LogP contribution in [-0.2, 0) is 15.1 Å². The van der Waals surface area contributed by atoms with Gasteiger partial charge in [0, 0.05) is 0 Å². The summed E-state index contributed by atoms with van der Waals surface area (Å²) in [6.07, 6.45) is 0.695. The third-order valence-electron chi connectivity index (χ3n) is 4.45. The van der Waals surface area contributed by atoms with Gasteiger partial charge < -0.3 is 0 Å². The predicted octanol–water partition coefficient (Wildman–Crippen LogP) is 3.76. The number of benzene rings is 2. The number of carbonyl (C=O) groups is 1. The number of carbonyl (C=O) groups excluding carboxylic acids is 1. The molecule has 3 rings (SSSR count). The molecule has 6 heteroatoms. The predicted molar refractivity (Wildman–Crippen MR) is 108 cm³/mol. The van der Waals surface area contributed by atoms with Crippen LogP contribution in [0.5, 0.6) is 0 Å². The molecule has 2 aromatic carbocycles. The van der Waals surface area contributed by atoms with Crippen LogP contribution in [0, 0.1) is 5.92 Å². The Hall–Kier alpha value is -1.03. The fourth-order valence-corrected chi connectivity index (χ4v) is 5.71. The van der Waals surface area contributed by atoms with E-state index in [-0.39, 0.29) is 26.8 Å². The standard InChI is InChI=1S/C20H21Cl2NO2Se/c1-23(2)12-14-11-20(25-19(14)24,15-3-5-16(21)6-4-15)13-26-18-9-7-17(22)8-10-18/h3-10,14H,11-13H2,1-2H3.